The van der Waals surface area contributed by atoms with Crippen LogP contribution in [-0.4, -0.2) is 44.6 Å². The molecule has 0 saturated heterocycles. The second-order valence-corrected chi connectivity index (χ2v) is 6.17. The smallest absolute Gasteiger partial charge is 0.321 e. The van der Waals surface area contributed by atoms with Gasteiger partial charge in [-0.1, -0.05) is 0 Å². The standard InChI is InChI=1S/C20H19N7O2/c1-3-23-20(28)27-19-25-15-8-12(13-9-21-11-22-10-13)7-14(17(15)26-19)18-16(29-2)5-4-6-24-18/h4-11H,3H2,1-2H3,(H3,23,25,26,27,28). The molecule has 0 aliphatic rings. The van der Waals surface area contributed by atoms with Gasteiger partial charge in [0.1, 0.15) is 17.8 Å². The van der Waals surface area contributed by atoms with Crippen LogP contribution in [0.3, 0.4) is 0 Å². The lowest BCUT2D eigenvalue weighted by Gasteiger charge is -2.10. The predicted octanol–water partition coefficient (Wildman–Crippen LogP) is 3.23. The molecule has 0 radical (unpaired) electrons. The molecule has 9 heteroatoms. The number of aromatic nitrogens is 5. The molecule has 3 aromatic heterocycles. The first-order valence-corrected chi connectivity index (χ1v) is 9.03. The number of nitrogens with zero attached hydrogens (tertiary/aromatic N) is 4. The van der Waals surface area contributed by atoms with Gasteiger partial charge >= 0.3 is 6.03 Å². The number of pyridine rings is 1. The normalized spacial score (nSPS) is 10.7. The first-order chi connectivity index (χ1) is 14.2. The van der Waals surface area contributed by atoms with E-state index in [0.29, 0.717) is 29.5 Å². The van der Waals surface area contributed by atoms with E-state index in [1.54, 1.807) is 25.7 Å². The number of H-pyrrole nitrogens is 1. The minimum absolute atomic E-state index is 0.333. The Hall–Kier alpha value is -4.01. The molecule has 29 heavy (non-hydrogen) atoms. The van der Waals surface area contributed by atoms with Crippen LogP contribution in [0.2, 0.25) is 0 Å². The van der Waals surface area contributed by atoms with E-state index in [0.717, 1.165) is 22.2 Å². The maximum Gasteiger partial charge on any atom is 0.321 e. The SMILES string of the molecule is CCNC(=O)Nc1nc2cc(-c3cncnc3)cc(-c3ncccc3OC)c2[nH]1. The summed E-state index contributed by atoms with van der Waals surface area (Å²) in [6, 6.07) is 7.20. The van der Waals surface area contributed by atoms with Crippen molar-refractivity contribution in [3.8, 4) is 28.1 Å². The van der Waals surface area contributed by atoms with E-state index >= 15 is 0 Å². The molecule has 0 unspecified atom stereocenters. The summed E-state index contributed by atoms with van der Waals surface area (Å²) in [7, 11) is 1.60. The number of amides is 2. The molecule has 0 aliphatic carbocycles. The molecule has 0 fully saturated rings. The number of methoxy groups -OCH3 is 1. The Bertz CT molecular complexity index is 1160. The van der Waals surface area contributed by atoms with E-state index in [4.69, 9.17) is 4.74 Å². The lowest BCUT2D eigenvalue weighted by molar-refractivity contribution is 0.252. The Kier molecular flexibility index (Phi) is 5.02. The second-order valence-electron chi connectivity index (χ2n) is 6.17. The second kappa shape index (κ2) is 7.93. The molecular weight excluding hydrogens is 370 g/mol. The highest BCUT2D eigenvalue weighted by molar-refractivity contribution is 5.98. The summed E-state index contributed by atoms with van der Waals surface area (Å²) in [6.45, 7) is 2.36. The van der Waals surface area contributed by atoms with Gasteiger partial charge in [0.15, 0.2) is 0 Å². The molecule has 0 aliphatic heterocycles. The average molecular weight is 389 g/mol. The highest BCUT2D eigenvalue weighted by Gasteiger charge is 2.17. The van der Waals surface area contributed by atoms with Crippen molar-refractivity contribution in [3.63, 3.8) is 0 Å². The Balaban J connectivity index is 1.91. The lowest BCUT2D eigenvalue weighted by atomic mass is 10.0. The van der Waals surface area contributed by atoms with Gasteiger partial charge in [-0.25, -0.2) is 19.7 Å². The van der Waals surface area contributed by atoms with E-state index in [2.05, 4.69) is 35.6 Å². The van der Waals surface area contributed by atoms with Crippen LogP contribution >= 0.6 is 0 Å². The van der Waals surface area contributed by atoms with Crippen molar-refractivity contribution in [3.05, 3.63) is 49.2 Å². The fourth-order valence-electron chi connectivity index (χ4n) is 3.04. The third kappa shape index (κ3) is 3.70. The predicted molar refractivity (Wildman–Crippen MR) is 110 cm³/mol. The van der Waals surface area contributed by atoms with Crippen LogP contribution in [0.15, 0.2) is 49.2 Å². The number of aromatic amines is 1. The van der Waals surface area contributed by atoms with E-state index in [-0.39, 0.29) is 6.03 Å². The van der Waals surface area contributed by atoms with Gasteiger partial charge < -0.3 is 15.0 Å². The number of rotatable bonds is 5. The maximum atomic E-state index is 11.9. The van der Waals surface area contributed by atoms with Crippen LogP contribution in [0, 0.1) is 0 Å². The largest absolute Gasteiger partial charge is 0.494 e. The first kappa shape index (κ1) is 18.4. The highest BCUT2D eigenvalue weighted by atomic mass is 16.5. The van der Waals surface area contributed by atoms with Gasteiger partial charge in [0.25, 0.3) is 0 Å². The summed E-state index contributed by atoms with van der Waals surface area (Å²) >= 11 is 0. The number of urea groups is 1. The molecule has 4 aromatic rings. The summed E-state index contributed by atoms with van der Waals surface area (Å²) in [5.74, 6) is 0.964. The lowest BCUT2D eigenvalue weighted by Crippen LogP contribution is -2.28. The van der Waals surface area contributed by atoms with Gasteiger partial charge in [-0.3, -0.25) is 10.3 Å². The maximum absolute atomic E-state index is 11.9. The molecule has 2 amide bonds. The zero-order chi connectivity index (χ0) is 20.2. The van der Waals surface area contributed by atoms with Gasteiger partial charge in [-0.2, -0.15) is 0 Å². The Morgan fingerprint density at radius 1 is 1.21 bits per heavy atom. The van der Waals surface area contributed by atoms with Gasteiger partial charge in [0, 0.05) is 36.3 Å². The number of hydrogen-bond acceptors (Lipinski definition) is 6. The number of hydrogen-bond donors (Lipinski definition) is 3. The van der Waals surface area contributed by atoms with Crippen molar-refractivity contribution >= 4 is 23.0 Å². The minimum Gasteiger partial charge on any atom is -0.494 e. The molecular formula is C20H19N7O2. The number of ether oxygens (including phenoxy) is 1. The molecule has 4 rings (SSSR count). The monoisotopic (exact) mass is 389 g/mol. The van der Waals surface area contributed by atoms with E-state index in [1.165, 1.54) is 6.33 Å². The number of imidazole rings is 1. The zero-order valence-corrected chi connectivity index (χ0v) is 15.9. The molecule has 0 saturated carbocycles. The van der Waals surface area contributed by atoms with Crippen molar-refractivity contribution in [1.29, 1.82) is 0 Å². The van der Waals surface area contributed by atoms with Crippen LogP contribution in [-0.2, 0) is 0 Å². The molecule has 3 heterocycles. The number of anilines is 1. The van der Waals surface area contributed by atoms with Gasteiger partial charge in [0.05, 0.1) is 18.1 Å². The van der Waals surface area contributed by atoms with Crippen molar-refractivity contribution < 1.29 is 9.53 Å². The third-order valence-corrected chi connectivity index (χ3v) is 4.30. The van der Waals surface area contributed by atoms with Crippen molar-refractivity contribution in [2.45, 2.75) is 6.92 Å². The zero-order valence-electron chi connectivity index (χ0n) is 15.9. The molecule has 9 nitrogen and oxygen atoms in total. The Labute approximate surface area is 166 Å². The minimum atomic E-state index is -0.333. The summed E-state index contributed by atoms with van der Waals surface area (Å²) in [5, 5.41) is 5.39. The summed E-state index contributed by atoms with van der Waals surface area (Å²) in [5.41, 5.74) is 4.56. The number of carbonyl (C=O) groups is 1. The van der Waals surface area contributed by atoms with Crippen LogP contribution < -0.4 is 15.4 Å². The molecule has 3 N–H and O–H groups in total. The fraction of sp³-hybridized carbons (Fsp3) is 0.150. The topological polar surface area (TPSA) is 118 Å². The van der Waals surface area contributed by atoms with Crippen LogP contribution in [0.1, 0.15) is 6.92 Å². The fourth-order valence-corrected chi connectivity index (χ4v) is 3.04. The van der Waals surface area contributed by atoms with Crippen LogP contribution in [0.5, 0.6) is 5.75 Å². The molecule has 0 spiro atoms. The quantitative estimate of drug-likeness (QED) is 0.482. The number of fused-ring (bicyclic) bond motifs is 1. The Morgan fingerprint density at radius 2 is 2.03 bits per heavy atom. The number of nitrogens with one attached hydrogen (secondary N) is 3. The number of benzene rings is 1. The van der Waals surface area contributed by atoms with Gasteiger partial charge in [-0.15, -0.1) is 0 Å². The van der Waals surface area contributed by atoms with Crippen molar-refractivity contribution in [2.75, 3.05) is 19.0 Å². The molecule has 0 bridgehead atoms. The van der Waals surface area contributed by atoms with Crippen molar-refractivity contribution in [2.24, 2.45) is 0 Å². The Morgan fingerprint density at radius 3 is 2.79 bits per heavy atom. The molecule has 146 valence electrons. The van der Waals surface area contributed by atoms with Crippen LogP contribution in [0.25, 0.3) is 33.4 Å². The van der Waals surface area contributed by atoms with E-state index in [1.807, 2.05) is 31.2 Å². The van der Waals surface area contributed by atoms with Gasteiger partial charge in [-0.05, 0) is 36.8 Å². The summed E-state index contributed by atoms with van der Waals surface area (Å²) < 4.78 is 5.50. The van der Waals surface area contributed by atoms with Gasteiger partial charge in [0.2, 0.25) is 5.95 Å². The van der Waals surface area contributed by atoms with E-state index in [9.17, 15) is 4.79 Å². The summed E-state index contributed by atoms with van der Waals surface area (Å²) in [4.78, 5) is 32.3. The molecule has 1 aromatic carbocycles. The first-order valence-electron chi connectivity index (χ1n) is 9.03. The third-order valence-electron chi connectivity index (χ3n) is 4.30. The van der Waals surface area contributed by atoms with E-state index < -0.39 is 0 Å². The average Bonchev–Trinajstić information content (AvgIpc) is 3.16. The summed E-state index contributed by atoms with van der Waals surface area (Å²) in [6.07, 6.45) is 6.64. The highest BCUT2D eigenvalue weighted by Crippen LogP contribution is 2.36. The number of carbonyl (C=O) groups excluding carboxylic acids is 1. The van der Waals surface area contributed by atoms with Crippen LogP contribution in [0.4, 0.5) is 10.7 Å². The molecule has 0 atom stereocenters. The van der Waals surface area contributed by atoms with Crippen molar-refractivity contribution in [1.82, 2.24) is 30.2 Å².